The van der Waals surface area contributed by atoms with Crippen molar-refractivity contribution in [3.05, 3.63) is 117 Å². The standard InChI is InChI=1S/C38H36N6O11/c1-3-50-31(45)14-12-25-17-27(34-40-15-8-16-41-34)20-28(18-25)54-36-33(44(48)49)35(52-23-32(46)51-4-2)42-38(43-36)55-30-19-26(21-39)11-13-29(30)37(47)53-22-24-9-6-5-7-10-24/h5-11,13,15,17-20,34,40-41H,3-4,12,14,16,22-23H2,1-2H3. The average Bonchev–Trinajstić information content (AvgIpc) is 3.19. The Bertz CT molecular complexity index is 2100. The first kappa shape index (κ1) is 39.2. The quantitative estimate of drug-likeness (QED) is 0.0601. The van der Waals surface area contributed by atoms with Crippen molar-refractivity contribution in [2.45, 2.75) is 39.5 Å². The number of aromatic nitrogens is 2. The molecule has 2 N–H and O–H groups in total. The van der Waals surface area contributed by atoms with Crippen molar-refractivity contribution in [1.82, 2.24) is 20.6 Å². The molecular formula is C38H36N6O11. The van der Waals surface area contributed by atoms with Gasteiger partial charge in [0.1, 0.15) is 29.8 Å². The molecule has 1 aliphatic heterocycles. The van der Waals surface area contributed by atoms with Crippen molar-refractivity contribution in [2.75, 3.05) is 26.4 Å². The lowest BCUT2D eigenvalue weighted by atomic mass is 10.0. The van der Waals surface area contributed by atoms with Gasteiger partial charge in [0.2, 0.25) is 0 Å². The molecule has 5 rings (SSSR count). The van der Waals surface area contributed by atoms with Gasteiger partial charge in [-0.3, -0.25) is 20.2 Å². The molecule has 17 nitrogen and oxygen atoms in total. The van der Waals surface area contributed by atoms with E-state index in [9.17, 15) is 29.8 Å². The zero-order valence-electron chi connectivity index (χ0n) is 29.8. The summed E-state index contributed by atoms with van der Waals surface area (Å²) in [6.45, 7) is 3.22. The van der Waals surface area contributed by atoms with Gasteiger partial charge in [0, 0.05) is 13.0 Å². The van der Waals surface area contributed by atoms with Crippen LogP contribution in [0.4, 0.5) is 5.69 Å². The van der Waals surface area contributed by atoms with Gasteiger partial charge in [0.25, 0.3) is 0 Å². The van der Waals surface area contributed by atoms with Crippen LogP contribution in [0.2, 0.25) is 0 Å². The molecular weight excluding hydrogens is 716 g/mol. The Labute approximate surface area is 314 Å². The highest BCUT2D eigenvalue weighted by Gasteiger charge is 2.31. The van der Waals surface area contributed by atoms with Crippen LogP contribution < -0.4 is 24.8 Å². The third-order valence-electron chi connectivity index (χ3n) is 7.64. The fraction of sp³-hybridized carbons (Fsp3) is 0.263. The van der Waals surface area contributed by atoms with Crippen molar-refractivity contribution >= 4 is 23.6 Å². The molecule has 3 aromatic carbocycles. The Hall–Kier alpha value is -7.06. The molecule has 0 saturated heterocycles. The normalized spacial score (nSPS) is 13.1. The number of nitrogens with zero attached hydrogens (tertiary/aromatic N) is 4. The second-order valence-electron chi connectivity index (χ2n) is 11.5. The summed E-state index contributed by atoms with van der Waals surface area (Å²) in [4.78, 5) is 57.6. The number of nitro groups is 1. The van der Waals surface area contributed by atoms with Crippen molar-refractivity contribution in [3.8, 4) is 35.3 Å². The molecule has 0 fully saturated rings. The number of esters is 3. The first-order valence-electron chi connectivity index (χ1n) is 17.1. The van der Waals surface area contributed by atoms with Gasteiger partial charge >= 0.3 is 41.4 Å². The molecule has 1 atom stereocenters. The first-order chi connectivity index (χ1) is 26.7. The van der Waals surface area contributed by atoms with Gasteiger partial charge in [-0.25, -0.2) is 9.59 Å². The number of nitriles is 1. The highest BCUT2D eigenvalue weighted by atomic mass is 16.6. The minimum absolute atomic E-state index is 0.0184. The lowest BCUT2D eigenvalue weighted by molar-refractivity contribution is -0.387. The molecule has 2 heterocycles. The zero-order valence-corrected chi connectivity index (χ0v) is 29.8. The molecule has 4 aromatic rings. The van der Waals surface area contributed by atoms with E-state index in [2.05, 4.69) is 20.6 Å². The predicted octanol–water partition coefficient (Wildman–Crippen LogP) is 5.34. The Morgan fingerprint density at radius 3 is 2.40 bits per heavy atom. The van der Waals surface area contributed by atoms with Crippen LogP contribution >= 0.6 is 0 Å². The monoisotopic (exact) mass is 752 g/mol. The van der Waals surface area contributed by atoms with Gasteiger partial charge in [-0.1, -0.05) is 42.5 Å². The van der Waals surface area contributed by atoms with Gasteiger partial charge in [-0.05, 0) is 73.5 Å². The van der Waals surface area contributed by atoms with E-state index < -0.39 is 52.9 Å². The van der Waals surface area contributed by atoms with Crippen LogP contribution in [-0.4, -0.2) is 59.2 Å². The van der Waals surface area contributed by atoms with Crippen LogP contribution in [-0.2, 0) is 36.8 Å². The Kier molecular flexibility index (Phi) is 13.6. The molecule has 1 aliphatic rings. The summed E-state index contributed by atoms with van der Waals surface area (Å²) < 4.78 is 32.9. The number of ether oxygens (including phenoxy) is 6. The summed E-state index contributed by atoms with van der Waals surface area (Å²) in [5, 5.41) is 28.6. The van der Waals surface area contributed by atoms with E-state index in [4.69, 9.17) is 28.4 Å². The number of rotatable bonds is 17. The molecule has 284 valence electrons. The van der Waals surface area contributed by atoms with Gasteiger partial charge in [-0.2, -0.15) is 15.2 Å². The molecule has 1 unspecified atom stereocenters. The predicted molar refractivity (Wildman–Crippen MR) is 192 cm³/mol. The summed E-state index contributed by atoms with van der Waals surface area (Å²) in [6.07, 6.45) is 3.56. The van der Waals surface area contributed by atoms with Crippen molar-refractivity contribution in [1.29, 1.82) is 5.26 Å². The lowest BCUT2D eigenvalue weighted by Gasteiger charge is -2.23. The van der Waals surface area contributed by atoms with Gasteiger partial charge in [0.15, 0.2) is 6.61 Å². The summed E-state index contributed by atoms with van der Waals surface area (Å²) in [5.41, 5.74) is 1.14. The molecule has 17 heteroatoms. The number of benzene rings is 3. The van der Waals surface area contributed by atoms with Crippen LogP contribution in [0.5, 0.6) is 29.3 Å². The van der Waals surface area contributed by atoms with Crippen LogP contribution in [0.25, 0.3) is 0 Å². The minimum Gasteiger partial charge on any atom is -0.466 e. The number of carbonyl (C=O) groups is 3. The van der Waals surface area contributed by atoms with Crippen LogP contribution in [0.15, 0.2) is 79.0 Å². The van der Waals surface area contributed by atoms with Crippen LogP contribution in [0.1, 0.15) is 59.0 Å². The summed E-state index contributed by atoms with van der Waals surface area (Å²) >= 11 is 0. The number of aryl methyl sites for hydroxylation is 1. The average molecular weight is 753 g/mol. The second kappa shape index (κ2) is 19.1. The van der Waals surface area contributed by atoms with E-state index in [1.54, 1.807) is 56.4 Å². The molecule has 0 saturated carbocycles. The third kappa shape index (κ3) is 11.0. The maximum atomic E-state index is 13.3. The van der Waals surface area contributed by atoms with Crippen molar-refractivity contribution in [2.24, 2.45) is 0 Å². The van der Waals surface area contributed by atoms with Crippen molar-refractivity contribution in [3.63, 3.8) is 0 Å². The zero-order chi connectivity index (χ0) is 39.2. The number of hydrogen-bond donors (Lipinski definition) is 2. The fourth-order valence-corrected chi connectivity index (χ4v) is 5.17. The van der Waals surface area contributed by atoms with Gasteiger partial charge in [-0.15, -0.1) is 0 Å². The van der Waals surface area contributed by atoms with Crippen LogP contribution in [0, 0.1) is 21.4 Å². The summed E-state index contributed by atoms with van der Waals surface area (Å²) in [6, 6.07) is 19.2. The smallest absolute Gasteiger partial charge is 0.392 e. The lowest BCUT2D eigenvalue weighted by Crippen LogP contribution is -2.34. The molecule has 0 bridgehead atoms. The van der Waals surface area contributed by atoms with E-state index >= 15 is 0 Å². The maximum absolute atomic E-state index is 13.3. The Morgan fingerprint density at radius 2 is 1.69 bits per heavy atom. The van der Waals surface area contributed by atoms with E-state index in [1.807, 2.05) is 24.3 Å². The third-order valence-corrected chi connectivity index (χ3v) is 7.64. The topological polar surface area (TPSA) is 223 Å². The Morgan fingerprint density at radius 1 is 0.927 bits per heavy atom. The molecule has 1 aromatic heterocycles. The van der Waals surface area contributed by atoms with E-state index in [0.717, 1.165) is 5.56 Å². The first-order valence-corrected chi connectivity index (χ1v) is 17.1. The van der Waals surface area contributed by atoms with E-state index in [-0.39, 0.29) is 61.5 Å². The number of carbonyl (C=O) groups excluding carboxylic acids is 3. The second-order valence-corrected chi connectivity index (χ2v) is 11.5. The molecule has 0 spiro atoms. The molecule has 55 heavy (non-hydrogen) atoms. The van der Waals surface area contributed by atoms with Crippen LogP contribution in [0.3, 0.4) is 0 Å². The number of hydrogen-bond acceptors (Lipinski definition) is 16. The van der Waals surface area contributed by atoms with E-state index in [1.165, 1.54) is 18.2 Å². The maximum Gasteiger partial charge on any atom is 0.392 e. The molecule has 0 aliphatic carbocycles. The summed E-state index contributed by atoms with van der Waals surface area (Å²) in [5.74, 6) is -3.58. The van der Waals surface area contributed by atoms with Gasteiger partial charge < -0.3 is 33.7 Å². The Balaban J connectivity index is 1.56. The highest BCUT2D eigenvalue weighted by Crippen LogP contribution is 2.40. The van der Waals surface area contributed by atoms with E-state index in [0.29, 0.717) is 17.7 Å². The molecule has 0 radical (unpaired) electrons. The fourth-order valence-electron chi connectivity index (χ4n) is 5.17. The SMILES string of the molecule is CCOC(=O)CCc1cc(Oc2nc(Oc3cc(C#N)ccc3C(=O)OCc3ccccc3)nc(OCC(=O)OCC)c2[N+](=O)[O-])cc(C2NC=CCN2)c1. The number of nitrogens with one attached hydrogen (secondary N) is 2. The summed E-state index contributed by atoms with van der Waals surface area (Å²) in [7, 11) is 0. The molecule has 0 amide bonds. The van der Waals surface area contributed by atoms with Gasteiger partial charge in [0.05, 0.1) is 29.8 Å². The highest BCUT2D eigenvalue weighted by molar-refractivity contribution is 5.93. The van der Waals surface area contributed by atoms with Crippen molar-refractivity contribution < 1.29 is 47.7 Å². The largest absolute Gasteiger partial charge is 0.466 e. The minimum atomic E-state index is -0.861.